The van der Waals surface area contributed by atoms with E-state index >= 15 is 0 Å². The van der Waals surface area contributed by atoms with E-state index in [0.29, 0.717) is 6.42 Å². The summed E-state index contributed by atoms with van der Waals surface area (Å²) in [5, 5.41) is 5.22. The first-order valence-electron chi connectivity index (χ1n) is 7.19. The summed E-state index contributed by atoms with van der Waals surface area (Å²) in [4.78, 5) is 22.3. The van der Waals surface area contributed by atoms with Crippen LogP contribution in [0.1, 0.15) is 17.0 Å². The number of anilines is 1. The van der Waals surface area contributed by atoms with Gasteiger partial charge in [0.05, 0.1) is 5.69 Å². The van der Waals surface area contributed by atoms with E-state index in [1.807, 2.05) is 17.9 Å². The normalized spacial score (nSPS) is 15.5. The second-order valence-electron chi connectivity index (χ2n) is 5.22. The molecular weight excluding hydrogens is 302 g/mol. The van der Waals surface area contributed by atoms with Crippen molar-refractivity contribution in [1.29, 1.82) is 0 Å². The summed E-state index contributed by atoms with van der Waals surface area (Å²) in [6.45, 7) is 5.41. The Morgan fingerprint density at radius 2 is 2.10 bits per heavy atom. The average Bonchev–Trinajstić information content (AvgIpc) is 3.16. The van der Waals surface area contributed by atoms with E-state index in [2.05, 4.69) is 26.7 Å². The van der Waals surface area contributed by atoms with Gasteiger partial charge >= 0.3 is 0 Å². The average molecular weight is 321 g/mol. The highest BCUT2D eigenvalue weighted by Crippen LogP contribution is 2.21. The van der Waals surface area contributed by atoms with E-state index in [-0.39, 0.29) is 5.91 Å². The number of rotatable bonds is 4. The third-order valence-electron chi connectivity index (χ3n) is 3.68. The van der Waals surface area contributed by atoms with Gasteiger partial charge in [0.25, 0.3) is 0 Å². The summed E-state index contributed by atoms with van der Waals surface area (Å²) >= 11 is 3.41. The predicted octanol–water partition coefficient (Wildman–Crippen LogP) is 2.79. The molecule has 1 amide bonds. The van der Waals surface area contributed by atoms with Crippen molar-refractivity contribution in [3.63, 3.8) is 0 Å². The number of nitrogens with zero attached hydrogens (tertiary/aromatic N) is 3. The van der Waals surface area contributed by atoms with Crippen LogP contribution >= 0.6 is 22.7 Å². The molecule has 112 valence electrons. The number of aryl methyl sites for hydroxylation is 2. The van der Waals surface area contributed by atoms with Crippen LogP contribution in [0.4, 0.5) is 5.13 Å². The van der Waals surface area contributed by atoms with Gasteiger partial charge in [0.15, 0.2) is 5.13 Å². The Bertz CT molecular complexity index is 586. The Balaban J connectivity index is 1.47. The van der Waals surface area contributed by atoms with Crippen molar-refractivity contribution in [2.45, 2.75) is 19.8 Å². The Kier molecular flexibility index (Phi) is 4.55. The monoisotopic (exact) mass is 321 g/mol. The molecule has 2 aromatic heterocycles. The van der Waals surface area contributed by atoms with Gasteiger partial charge in [-0.15, -0.1) is 22.7 Å². The molecule has 0 unspecified atom stereocenters. The number of aromatic nitrogens is 1. The molecule has 0 saturated carbocycles. The predicted molar refractivity (Wildman–Crippen MR) is 88.3 cm³/mol. The highest BCUT2D eigenvalue weighted by atomic mass is 32.1. The molecule has 0 atom stereocenters. The minimum Gasteiger partial charge on any atom is -0.345 e. The first-order chi connectivity index (χ1) is 10.2. The molecule has 3 heterocycles. The number of thiazole rings is 1. The lowest BCUT2D eigenvalue weighted by Gasteiger charge is -2.34. The fourth-order valence-electron chi connectivity index (χ4n) is 2.48. The maximum Gasteiger partial charge on any atom is 0.223 e. The molecule has 1 aliphatic rings. The zero-order valence-corrected chi connectivity index (χ0v) is 13.8. The summed E-state index contributed by atoms with van der Waals surface area (Å²) < 4.78 is 0. The largest absolute Gasteiger partial charge is 0.345 e. The van der Waals surface area contributed by atoms with Crippen molar-refractivity contribution < 1.29 is 4.79 Å². The molecule has 21 heavy (non-hydrogen) atoms. The lowest BCUT2D eigenvalue weighted by molar-refractivity contribution is -0.131. The van der Waals surface area contributed by atoms with E-state index in [0.717, 1.165) is 43.4 Å². The van der Waals surface area contributed by atoms with Gasteiger partial charge in [0.2, 0.25) is 5.91 Å². The molecule has 0 aromatic carbocycles. The van der Waals surface area contributed by atoms with E-state index < -0.39 is 0 Å². The quantitative estimate of drug-likeness (QED) is 0.869. The van der Waals surface area contributed by atoms with E-state index in [1.165, 1.54) is 4.88 Å². The Hall–Kier alpha value is -1.40. The molecule has 2 aromatic rings. The second-order valence-corrected chi connectivity index (χ2v) is 7.09. The molecule has 0 spiro atoms. The van der Waals surface area contributed by atoms with E-state index in [1.54, 1.807) is 22.7 Å². The zero-order chi connectivity index (χ0) is 14.7. The van der Waals surface area contributed by atoms with Crippen LogP contribution in [0, 0.1) is 6.92 Å². The number of carbonyl (C=O) groups excluding carboxylic acids is 1. The summed E-state index contributed by atoms with van der Waals surface area (Å²) in [6, 6.07) is 4.14. The first-order valence-corrected chi connectivity index (χ1v) is 8.95. The van der Waals surface area contributed by atoms with Crippen LogP contribution in [-0.4, -0.2) is 42.0 Å². The number of thiophene rings is 1. The maximum atomic E-state index is 12.2. The summed E-state index contributed by atoms with van der Waals surface area (Å²) in [5.41, 5.74) is 1.07. The third kappa shape index (κ3) is 3.63. The lowest BCUT2D eigenvalue weighted by Crippen LogP contribution is -2.48. The van der Waals surface area contributed by atoms with Crippen molar-refractivity contribution in [3.8, 4) is 0 Å². The third-order valence-corrected chi connectivity index (χ3v) is 5.63. The fourth-order valence-corrected chi connectivity index (χ4v) is 4.04. The van der Waals surface area contributed by atoms with Crippen LogP contribution in [0.3, 0.4) is 0 Å². The Morgan fingerprint density at radius 1 is 1.29 bits per heavy atom. The smallest absolute Gasteiger partial charge is 0.223 e. The van der Waals surface area contributed by atoms with Gasteiger partial charge in [0.1, 0.15) is 0 Å². The SMILES string of the molecule is Cc1csc(N2CCN(C(=O)CCc3cccs3)CC2)n1. The van der Waals surface area contributed by atoms with Crippen LogP contribution in [0.15, 0.2) is 22.9 Å². The molecule has 3 rings (SSSR count). The van der Waals surface area contributed by atoms with Gasteiger partial charge in [-0.05, 0) is 24.8 Å². The number of hydrogen-bond acceptors (Lipinski definition) is 5. The van der Waals surface area contributed by atoms with Gasteiger partial charge in [-0.3, -0.25) is 4.79 Å². The first kappa shape index (κ1) is 14.5. The van der Waals surface area contributed by atoms with Gasteiger partial charge < -0.3 is 9.80 Å². The molecule has 0 aliphatic carbocycles. The molecular formula is C15H19N3OS2. The van der Waals surface area contributed by atoms with E-state index in [4.69, 9.17) is 0 Å². The highest BCUT2D eigenvalue weighted by molar-refractivity contribution is 7.13. The van der Waals surface area contributed by atoms with Crippen molar-refractivity contribution >= 4 is 33.7 Å². The maximum absolute atomic E-state index is 12.2. The minimum absolute atomic E-state index is 0.276. The van der Waals surface area contributed by atoms with Gasteiger partial charge in [-0.25, -0.2) is 4.98 Å². The molecule has 0 radical (unpaired) electrons. The lowest BCUT2D eigenvalue weighted by atomic mass is 10.2. The number of piperazine rings is 1. The topological polar surface area (TPSA) is 36.4 Å². The highest BCUT2D eigenvalue weighted by Gasteiger charge is 2.22. The van der Waals surface area contributed by atoms with Crippen LogP contribution in [0.5, 0.6) is 0 Å². The van der Waals surface area contributed by atoms with Crippen LogP contribution in [0.25, 0.3) is 0 Å². The van der Waals surface area contributed by atoms with Gasteiger partial charge in [-0.2, -0.15) is 0 Å². The molecule has 1 aliphatic heterocycles. The Labute approximate surface area is 133 Å². The molecule has 4 nitrogen and oxygen atoms in total. The second kappa shape index (κ2) is 6.58. The van der Waals surface area contributed by atoms with Crippen molar-refractivity contribution in [1.82, 2.24) is 9.88 Å². The Morgan fingerprint density at radius 3 is 2.71 bits per heavy atom. The van der Waals surface area contributed by atoms with Crippen molar-refractivity contribution in [2.75, 3.05) is 31.1 Å². The molecule has 1 fully saturated rings. The standard InChI is InChI=1S/C15H19N3OS2/c1-12-11-21-15(16-12)18-8-6-17(7-9-18)14(19)5-4-13-3-2-10-20-13/h2-3,10-11H,4-9H2,1H3. The van der Waals surface area contributed by atoms with Crippen molar-refractivity contribution in [3.05, 3.63) is 33.5 Å². The number of carbonyl (C=O) groups is 1. The van der Waals surface area contributed by atoms with Crippen LogP contribution in [0.2, 0.25) is 0 Å². The minimum atomic E-state index is 0.276. The summed E-state index contributed by atoms with van der Waals surface area (Å²) in [6.07, 6.45) is 1.49. The number of hydrogen-bond donors (Lipinski definition) is 0. The fraction of sp³-hybridized carbons (Fsp3) is 0.467. The summed E-state index contributed by atoms with van der Waals surface area (Å²) in [5.74, 6) is 0.276. The molecule has 0 N–H and O–H groups in total. The molecule has 0 bridgehead atoms. The van der Waals surface area contributed by atoms with Crippen molar-refractivity contribution in [2.24, 2.45) is 0 Å². The summed E-state index contributed by atoms with van der Waals surface area (Å²) in [7, 11) is 0. The van der Waals surface area contributed by atoms with Gasteiger partial charge in [-0.1, -0.05) is 6.07 Å². The van der Waals surface area contributed by atoms with E-state index in [9.17, 15) is 4.79 Å². The molecule has 1 saturated heterocycles. The van der Waals surface area contributed by atoms with Crippen LogP contribution in [-0.2, 0) is 11.2 Å². The molecule has 6 heteroatoms. The van der Waals surface area contributed by atoms with Gasteiger partial charge in [0, 0.05) is 42.9 Å². The zero-order valence-electron chi connectivity index (χ0n) is 12.1. The van der Waals surface area contributed by atoms with Crippen LogP contribution < -0.4 is 4.90 Å². The number of amides is 1.